The number of carbonyl (C=O) groups excluding carboxylic acids is 3. The van der Waals surface area contributed by atoms with Gasteiger partial charge in [-0.05, 0) is 17.7 Å². The summed E-state index contributed by atoms with van der Waals surface area (Å²) >= 11 is 5.80. The number of hydrogen-bond donors (Lipinski definition) is 2. The Morgan fingerprint density at radius 3 is 1.95 bits per heavy atom. The number of urea groups is 1. The van der Waals surface area contributed by atoms with E-state index in [4.69, 9.17) is 11.6 Å². The first-order valence-corrected chi connectivity index (χ1v) is 6.56. The lowest BCUT2D eigenvalue weighted by atomic mass is 9.91. The maximum atomic E-state index is 12.3. The number of amides is 4. The highest BCUT2D eigenvalue weighted by molar-refractivity contribution is 6.30. The molecule has 1 aliphatic heterocycles. The highest BCUT2D eigenvalue weighted by Crippen LogP contribution is 2.74. The summed E-state index contributed by atoms with van der Waals surface area (Å²) in [5, 5.41) is 23.2. The number of barbiturate groups is 1. The van der Waals surface area contributed by atoms with Crippen LogP contribution in [0.2, 0.25) is 5.02 Å². The van der Waals surface area contributed by atoms with Gasteiger partial charge in [0, 0.05) is 10.9 Å². The van der Waals surface area contributed by atoms with Crippen LogP contribution in [0.1, 0.15) is 11.5 Å². The van der Waals surface area contributed by atoms with Gasteiger partial charge in [0.15, 0.2) is 10.8 Å². The standard InChI is InChI=1S/C14H7ClN4O3/c15-8-3-1-7(2-4-8)9-13(5-16,6-17)14(9)10(20)18-12(22)19-11(14)21/h1-4,9H,(H2,18,19,20,21,22). The summed E-state index contributed by atoms with van der Waals surface area (Å²) in [5.74, 6) is -2.85. The first kappa shape index (κ1) is 14.1. The molecule has 3 rings (SSSR count). The maximum absolute atomic E-state index is 12.3. The van der Waals surface area contributed by atoms with Crippen LogP contribution >= 0.6 is 11.6 Å². The molecule has 1 saturated carbocycles. The number of halogens is 1. The number of rotatable bonds is 1. The van der Waals surface area contributed by atoms with Crippen molar-refractivity contribution >= 4 is 29.4 Å². The van der Waals surface area contributed by atoms with Gasteiger partial charge in [-0.1, -0.05) is 23.7 Å². The predicted molar refractivity (Wildman–Crippen MR) is 72.0 cm³/mol. The van der Waals surface area contributed by atoms with E-state index >= 15 is 0 Å². The zero-order chi connectivity index (χ0) is 16.1. The highest BCUT2D eigenvalue weighted by atomic mass is 35.5. The van der Waals surface area contributed by atoms with E-state index in [-0.39, 0.29) is 0 Å². The van der Waals surface area contributed by atoms with Crippen LogP contribution in [0.3, 0.4) is 0 Å². The number of imide groups is 2. The molecule has 1 heterocycles. The molecule has 108 valence electrons. The topological polar surface area (TPSA) is 123 Å². The van der Waals surface area contributed by atoms with Crippen molar-refractivity contribution < 1.29 is 14.4 Å². The van der Waals surface area contributed by atoms with Crippen molar-refractivity contribution in [3.63, 3.8) is 0 Å². The summed E-state index contributed by atoms with van der Waals surface area (Å²) in [7, 11) is 0. The van der Waals surface area contributed by atoms with E-state index in [2.05, 4.69) is 0 Å². The van der Waals surface area contributed by atoms with Gasteiger partial charge in [-0.15, -0.1) is 0 Å². The fourth-order valence-electron chi connectivity index (χ4n) is 3.12. The predicted octanol–water partition coefficient (Wildman–Crippen LogP) is 0.823. The van der Waals surface area contributed by atoms with E-state index in [1.807, 2.05) is 10.6 Å². The summed E-state index contributed by atoms with van der Waals surface area (Å²) in [6.07, 6.45) is 0. The van der Waals surface area contributed by atoms with Crippen LogP contribution in [0.15, 0.2) is 24.3 Å². The lowest BCUT2D eigenvalue weighted by Crippen LogP contribution is -2.59. The molecule has 4 amide bonds. The third kappa shape index (κ3) is 1.41. The minimum Gasteiger partial charge on any atom is -0.277 e. The zero-order valence-corrected chi connectivity index (χ0v) is 11.6. The molecule has 1 spiro atoms. The zero-order valence-electron chi connectivity index (χ0n) is 10.9. The fraction of sp³-hybridized carbons (Fsp3) is 0.214. The van der Waals surface area contributed by atoms with Crippen molar-refractivity contribution in [2.24, 2.45) is 10.8 Å². The van der Waals surface area contributed by atoms with E-state index in [1.165, 1.54) is 12.1 Å². The van der Waals surface area contributed by atoms with Gasteiger partial charge >= 0.3 is 6.03 Å². The van der Waals surface area contributed by atoms with Gasteiger partial charge < -0.3 is 0 Å². The number of nitrogens with zero attached hydrogens (tertiary/aromatic N) is 2. The third-order valence-corrected chi connectivity index (χ3v) is 4.38. The molecule has 1 aromatic rings. The third-order valence-electron chi connectivity index (χ3n) is 4.13. The molecule has 1 saturated heterocycles. The lowest BCUT2D eigenvalue weighted by molar-refractivity contribution is -0.139. The second-order valence-corrected chi connectivity index (χ2v) is 5.50. The van der Waals surface area contributed by atoms with Crippen LogP contribution < -0.4 is 10.6 Å². The fourth-order valence-corrected chi connectivity index (χ4v) is 3.24. The summed E-state index contributed by atoms with van der Waals surface area (Å²) < 4.78 is 0. The maximum Gasteiger partial charge on any atom is 0.328 e. The van der Waals surface area contributed by atoms with Gasteiger partial charge in [0.1, 0.15) is 0 Å². The van der Waals surface area contributed by atoms with E-state index in [9.17, 15) is 24.9 Å². The largest absolute Gasteiger partial charge is 0.328 e. The summed E-state index contributed by atoms with van der Waals surface area (Å²) in [6.45, 7) is 0. The average molecular weight is 315 g/mol. The molecule has 2 fully saturated rings. The van der Waals surface area contributed by atoms with Crippen molar-refractivity contribution in [3.8, 4) is 12.1 Å². The lowest BCUT2D eigenvalue weighted by Gasteiger charge is -2.21. The van der Waals surface area contributed by atoms with Crippen LogP contribution in [-0.2, 0) is 9.59 Å². The molecule has 0 aromatic heterocycles. The molecule has 2 N–H and O–H groups in total. The number of benzene rings is 1. The Kier molecular flexibility index (Phi) is 2.74. The first-order chi connectivity index (χ1) is 10.4. The molecule has 1 aliphatic carbocycles. The van der Waals surface area contributed by atoms with E-state index in [1.54, 1.807) is 24.3 Å². The van der Waals surface area contributed by atoms with Gasteiger partial charge in [0.05, 0.1) is 12.1 Å². The molecule has 7 nitrogen and oxygen atoms in total. The Morgan fingerprint density at radius 1 is 1.00 bits per heavy atom. The van der Waals surface area contributed by atoms with Crippen molar-refractivity contribution in [2.75, 3.05) is 0 Å². The van der Waals surface area contributed by atoms with Crippen LogP contribution in [-0.4, -0.2) is 17.8 Å². The van der Waals surface area contributed by atoms with Gasteiger partial charge in [-0.2, -0.15) is 10.5 Å². The molecule has 2 aliphatic rings. The monoisotopic (exact) mass is 314 g/mol. The van der Waals surface area contributed by atoms with E-state index < -0.39 is 34.6 Å². The van der Waals surface area contributed by atoms with E-state index in [0.29, 0.717) is 10.6 Å². The molecule has 1 aromatic carbocycles. The number of nitrogens with one attached hydrogen (secondary N) is 2. The Bertz CT molecular complexity index is 769. The van der Waals surface area contributed by atoms with Gasteiger partial charge in [0.2, 0.25) is 11.8 Å². The van der Waals surface area contributed by atoms with Crippen LogP contribution in [0.5, 0.6) is 0 Å². The molecule has 1 atom stereocenters. The molecule has 22 heavy (non-hydrogen) atoms. The molecular formula is C14H7ClN4O3. The molecular weight excluding hydrogens is 308 g/mol. The summed E-state index contributed by atoms with van der Waals surface area (Å²) in [6, 6.07) is 8.74. The van der Waals surface area contributed by atoms with Gasteiger partial charge in [-0.3, -0.25) is 20.2 Å². The van der Waals surface area contributed by atoms with E-state index in [0.717, 1.165) is 0 Å². The second kappa shape index (κ2) is 4.30. The summed E-state index contributed by atoms with van der Waals surface area (Å²) in [4.78, 5) is 35.8. The Morgan fingerprint density at radius 2 is 1.50 bits per heavy atom. The quantitative estimate of drug-likeness (QED) is 0.743. The average Bonchev–Trinajstić information content (AvgIpc) is 3.11. The van der Waals surface area contributed by atoms with Crippen molar-refractivity contribution in [2.45, 2.75) is 5.92 Å². The Hall–Kier alpha value is -2.90. The minimum atomic E-state index is -1.93. The molecule has 1 unspecified atom stereocenters. The normalized spacial score (nSPS) is 24.0. The SMILES string of the molecule is N#CC1(C#N)C(c2ccc(Cl)cc2)C12C(=O)NC(=O)NC2=O. The first-order valence-electron chi connectivity index (χ1n) is 6.19. The van der Waals surface area contributed by atoms with Crippen molar-refractivity contribution in [1.82, 2.24) is 10.6 Å². The second-order valence-electron chi connectivity index (χ2n) is 5.06. The molecule has 0 radical (unpaired) electrons. The van der Waals surface area contributed by atoms with Crippen LogP contribution in [0, 0.1) is 33.5 Å². The molecule has 8 heteroatoms. The number of carbonyl (C=O) groups is 3. The van der Waals surface area contributed by atoms with Gasteiger partial charge in [0.25, 0.3) is 0 Å². The summed E-state index contributed by atoms with van der Waals surface area (Å²) in [5.41, 5.74) is -3.35. The van der Waals surface area contributed by atoms with Crippen molar-refractivity contribution in [3.05, 3.63) is 34.9 Å². The van der Waals surface area contributed by atoms with Gasteiger partial charge in [-0.25, -0.2) is 4.79 Å². The van der Waals surface area contributed by atoms with Crippen LogP contribution in [0.25, 0.3) is 0 Å². The smallest absolute Gasteiger partial charge is 0.277 e. The Labute approximate surface area is 129 Å². The number of hydrogen-bond acceptors (Lipinski definition) is 5. The Balaban J connectivity index is 2.18. The van der Waals surface area contributed by atoms with Crippen LogP contribution in [0.4, 0.5) is 4.79 Å². The molecule has 0 bridgehead atoms. The highest BCUT2D eigenvalue weighted by Gasteiger charge is 2.88. The van der Waals surface area contributed by atoms with Crippen molar-refractivity contribution in [1.29, 1.82) is 10.5 Å². The minimum absolute atomic E-state index is 0.436. The number of nitriles is 2.